The summed E-state index contributed by atoms with van der Waals surface area (Å²) in [6.07, 6.45) is 0. The van der Waals surface area contributed by atoms with Crippen LogP contribution in [-0.4, -0.2) is 25.9 Å². The zero-order chi connectivity index (χ0) is 4.28. The average Bonchev–Trinajstić information content (AvgIpc) is 1.38. The van der Waals surface area contributed by atoms with Gasteiger partial charge in [0.1, 0.15) is 0 Å². The molecule has 0 aromatic heterocycles. The van der Waals surface area contributed by atoms with Crippen LogP contribution >= 0.6 is 0 Å². The van der Waals surface area contributed by atoms with E-state index in [0.29, 0.717) is 7.17 Å². The van der Waals surface area contributed by atoms with Crippen LogP contribution in [0.1, 0.15) is 0 Å². The first-order valence-corrected chi connectivity index (χ1v) is 1.05. The molecule has 1 N–H and O–H groups in total. The highest BCUT2D eigenvalue weighted by Gasteiger charge is 1.83. The van der Waals surface area contributed by atoms with Crippen LogP contribution < -0.4 is 0 Å². The largest absolute Gasteiger partial charge is 0.490 e. The SMILES string of the molecule is [B][B]C(=O)O. The van der Waals surface area contributed by atoms with Gasteiger partial charge in [-0.2, -0.15) is 0 Å². The van der Waals surface area contributed by atoms with Crippen molar-refractivity contribution in [3.05, 3.63) is 0 Å². The number of carboxylic acid groups (broad SMARTS) is 1. The van der Waals surface area contributed by atoms with E-state index in [-0.39, 0.29) is 0 Å². The molecule has 0 heterocycles. The highest BCUT2D eigenvalue weighted by atomic mass is 16.4. The van der Waals surface area contributed by atoms with Crippen molar-refractivity contribution in [2.75, 3.05) is 0 Å². The van der Waals surface area contributed by atoms with Crippen LogP contribution in [0.5, 0.6) is 0 Å². The minimum atomic E-state index is -1.09. The third-order valence-electron chi connectivity index (χ3n) is 0.143. The van der Waals surface area contributed by atoms with Crippen molar-refractivity contribution in [2.45, 2.75) is 0 Å². The van der Waals surface area contributed by atoms with Crippen LogP contribution in [0.2, 0.25) is 0 Å². The van der Waals surface area contributed by atoms with Crippen molar-refractivity contribution in [1.29, 1.82) is 0 Å². The highest BCUT2D eigenvalue weighted by molar-refractivity contribution is 7.07. The second-order valence-electron chi connectivity index (χ2n) is 0.505. The summed E-state index contributed by atoms with van der Waals surface area (Å²) in [5.74, 6) is -1.09. The molecule has 0 amide bonds. The minimum absolute atomic E-state index is 0.583. The molecule has 0 atom stereocenters. The molecule has 0 rings (SSSR count). The van der Waals surface area contributed by atoms with E-state index in [1.165, 1.54) is 0 Å². The average molecular weight is 66.6 g/mol. The van der Waals surface area contributed by atoms with E-state index >= 15 is 0 Å². The summed E-state index contributed by atoms with van der Waals surface area (Å²) in [6.45, 7) is 0. The Bertz CT molecular complexity index is 42.9. The lowest BCUT2D eigenvalue weighted by Crippen LogP contribution is -2.02. The van der Waals surface area contributed by atoms with E-state index in [0.717, 1.165) is 0 Å². The van der Waals surface area contributed by atoms with Crippen molar-refractivity contribution < 1.29 is 9.90 Å². The number of hydrogen-bond donors (Lipinski definition) is 1. The molecule has 0 fully saturated rings. The van der Waals surface area contributed by atoms with Crippen molar-refractivity contribution in [3.63, 3.8) is 0 Å². The van der Waals surface area contributed by atoms with E-state index in [2.05, 4.69) is 7.74 Å². The molecule has 0 aromatic rings. The van der Waals surface area contributed by atoms with Crippen LogP contribution in [0.4, 0.5) is 4.79 Å². The normalized spacial score (nSPS) is 6.40. The van der Waals surface area contributed by atoms with Gasteiger partial charge in [0.05, 0.1) is 0 Å². The molecule has 0 aliphatic rings. The van der Waals surface area contributed by atoms with E-state index in [4.69, 9.17) is 5.11 Å². The fourth-order valence-electron chi connectivity index (χ4n) is 0. The minimum Gasteiger partial charge on any atom is -0.490 e. The smallest absolute Gasteiger partial charge is 0.231 e. The van der Waals surface area contributed by atoms with Gasteiger partial charge >= 0.3 is 0 Å². The monoisotopic (exact) mass is 67.0 g/mol. The first kappa shape index (κ1) is 4.60. The Morgan fingerprint density at radius 1 is 2.00 bits per heavy atom. The standard InChI is InChI=1S/CHB2O2/c2-3-1(4)5/h(H,4,5). The zero-order valence-electron chi connectivity index (χ0n) is 2.51. The van der Waals surface area contributed by atoms with Crippen molar-refractivity contribution >= 4 is 20.8 Å². The summed E-state index contributed by atoms with van der Waals surface area (Å²) in [7, 11) is 5.03. The lowest BCUT2D eigenvalue weighted by Gasteiger charge is -1.70. The highest BCUT2D eigenvalue weighted by Crippen LogP contribution is 1.51. The van der Waals surface area contributed by atoms with E-state index in [9.17, 15) is 4.79 Å². The first-order valence-electron chi connectivity index (χ1n) is 1.05. The summed E-state index contributed by atoms with van der Waals surface area (Å²) in [6, 6.07) is 0. The third kappa shape index (κ3) is 3.60. The zero-order valence-corrected chi connectivity index (χ0v) is 2.51. The van der Waals surface area contributed by atoms with Gasteiger partial charge in [-0.05, 0) is 0 Å². The van der Waals surface area contributed by atoms with Crippen LogP contribution in [0.3, 0.4) is 0 Å². The number of hydrogen-bond acceptors (Lipinski definition) is 1. The second-order valence-corrected chi connectivity index (χ2v) is 0.505. The Balaban J connectivity index is 2.85. The first-order chi connectivity index (χ1) is 2.27. The van der Waals surface area contributed by atoms with Crippen molar-refractivity contribution in [1.82, 2.24) is 0 Å². The maximum absolute atomic E-state index is 9.19. The third-order valence-corrected chi connectivity index (χ3v) is 0.143. The summed E-state index contributed by atoms with van der Waals surface area (Å²) in [5, 5.41) is 7.54. The molecule has 0 aromatic carbocycles. The molecule has 0 aliphatic carbocycles. The van der Waals surface area contributed by atoms with Gasteiger partial charge in [-0.15, -0.1) is 0 Å². The van der Waals surface area contributed by atoms with E-state index < -0.39 is 5.87 Å². The molecule has 0 spiro atoms. The predicted molar refractivity (Wildman–Crippen MR) is 19.5 cm³/mol. The van der Waals surface area contributed by atoms with Gasteiger partial charge in [-0.3, -0.25) is 4.79 Å². The van der Waals surface area contributed by atoms with Crippen LogP contribution in [0.15, 0.2) is 0 Å². The van der Waals surface area contributed by atoms with Gasteiger partial charge < -0.3 is 5.11 Å². The quantitative estimate of drug-likeness (QED) is 0.417. The Kier molecular flexibility index (Phi) is 1.73. The summed E-state index contributed by atoms with van der Waals surface area (Å²) >= 11 is 0. The van der Waals surface area contributed by atoms with Crippen molar-refractivity contribution in [2.24, 2.45) is 0 Å². The van der Waals surface area contributed by atoms with Gasteiger partial charge in [0.25, 0.3) is 0 Å². The molecule has 4 heteroatoms. The van der Waals surface area contributed by atoms with Gasteiger partial charge in [0, 0.05) is 7.74 Å². The van der Waals surface area contributed by atoms with Crippen molar-refractivity contribution in [3.8, 4) is 0 Å². The molecule has 0 unspecified atom stereocenters. The summed E-state index contributed by atoms with van der Waals surface area (Å²) < 4.78 is 0. The molecular formula is CHB2O2. The number of rotatable bonds is 1. The lowest BCUT2D eigenvalue weighted by molar-refractivity contribution is 0.220. The predicted octanol–water partition coefficient (Wildman–Crippen LogP) is -0.548. The number of carbonyl (C=O) groups is 1. The summed E-state index contributed by atoms with van der Waals surface area (Å²) in [5.41, 5.74) is 0. The maximum atomic E-state index is 9.19. The molecule has 3 radical (unpaired) electrons. The van der Waals surface area contributed by atoms with Crippen LogP contribution in [0.25, 0.3) is 0 Å². The van der Waals surface area contributed by atoms with Gasteiger partial charge in [-0.25, -0.2) is 0 Å². The molecule has 2 nitrogen and oxygen atoms in total. The topological polar surface area (TPSA) is 37.3 Å². The maximum Gasteiger partial charge on any atom is 0.231 e. The second kappa shape index (κ2) is 1.88. The Hall–Kier alpha value is -0.400. The fraction of sp³-hybridized carbons (Fsp3) is 0. The lowest BCUT2D eigenvalue weighted by atomic mass is 9.56. The molecule has 0 saturated heterocycles. The molecule has 0 aliphatic heterocycles. The van der Waals surface area contributed by atoms with Crippen LogP contribution in [0, 0.1) is 0 Å². The molecule has 23 valence electrons. The molecular weight excluding hydrogens is 65.6 g/mol. The van der Waals surface area contributed by atoms with E-state index in [1.807, 2.05) is 0 Å². The molecule has 5 heavy (non-hydrogen) atoms. The van der Waals surface area contributed by atoms with E-state index in [1.54, 1.807) is 0 Å². The Morgan fingerprint density at radius 2 is 2.20 bits per heavy atom. The van der Waals surface area contributed by atoms with Gasteiger partial charge in [-0.1, -0.05) is 0 Å². The van der Waals surface area contributed by atoms with Crippen LogP contribution in [-0.2, 0) is 0 Å². The fourth-order valence-corrected chi connectivity index (χ4v) is 0. The molecule has 0 saturated carbocycles. The summed E-state index contributed by atoms with van der Waals surface area (Å²) in [4.78, 5) is 9.19. The van der Waals surface area contributed by atoms with Gasteiger partial charge in [0.15, 0.2) is 0 Å². The molecule has 0 bridgehead atoms. The Morgan fingerprint density at radius 3 is 2.20 bits per heavy atom. The Labute approximate surface area is 31.8 Å². The van der Waals surface area contributed by atoms with Gasteiger partial charge in [0.2, 0.25) is 13.0 Å².